The van der Waals surface area contributed by atoms with E-state index in [0.29, 0.717) is 36.0 Å². The Morgan fingerprint density at radius 1 is 1.03 bits per heavy atom. The summed E-state index contributed by atoms with van der Waals surface area (Å²) >= 11 is 5.90. The van der Waals surface area contributed by atoms with Gasteiger partial charge in [0.25, 0.3) is 0 Å². The van der Waals surface area contributed by atoms with Crippen LogP contribution >= 0.6 is 11.6 Å². The zero-order chi connectivity index (χ0) is 20.6. The summed E-state index contributed by atoms with van der Waals surface area (Å²) in [6.45, 7) is 0.890. The molecule has 1 heterocycles. The highest BCUT2D eigenvalue weighted by Gasteiger charge is 2.06. The normalized spacial score (nSPS) is 10.4. The quantitative estimate of drug-likeness (QED) is 0.590. The van der Waals surface area contributed by atoms with Crippen LogP contribution in [0.4, 0.5) is 4.79 Å². The van der Waals surface area contributed by atoms with Gasteiger partial charge in [-0.15, -0.1) is 0 Å². The van der Waals surface area contributed by atoms with E-state index >= 15 is 0 Å². The molecule has 152 valence electrons. The van der Waals surface area contributed by atoms with Crippen molar-refractivity contribution in [3.8, 4) is 17.2 Å². The number of carbonyl (C=O) groups excluding carboxylic acids is 1. The minimum absolute atomic E-state index is 0.232. The van der Waals surface area contributed by atoms with Gasteiger partial charge in [-0.25, -0.2) is 9.48 Å². The van der Waals surface area contributed by atoms with E-state index in [-0.39, 0.29) is 6.03 Å². The molecule has 0 aliphatic heterocycles. The van der Waals surface area contributed by atoms with Crippen molar-refractivity contribution in [1.82, 2.24) is 20.4 Å². The van der Waals surface area contributed by atoms with Gasteiger partial charge < -0.3 is 20.1 Å². The van der Waals surface area contributed by atoms with Gasteiger partial charge in [-0.1, -0.05) is 17.7 Å². The lowest BCUT2D eigenvalue weighted by Crippen LogP contribution is -2.36. The average Bonchev–Trinajstić information content (AvgIpc) is 3.21. The number of amides is 2. The van der Waals surface area contributed by atoms with E-state index in [1.807, 2.05) is 48.7 Å². The summed E-state index contributed by atoms with van der Waals surface area (Å²) in [5.41, 5.74) is 2.85. The highest BCUT2D eigenvalue weighted by Crippen LogP contribution is 2.27. The number of carbonyl (C=O) groups is 1. The molecule has 29 heavy (non-hydrogen) atoms. The molecule has 0 aliphatic rings. The molecule has 0 radical (unpaired) electrons. The molecule has 2 N–H and O–H groups in total. The molecule has 0 fully saturated rings. The molecule has 3 rings (SSSR count). The van der Waals surface area contributed by atoms with Crippen LogP contribution in [0, 0.1) is 0 Å². The molecular formula is C21H23ClN4O3. The van der Waals surface area contributed by atoms with E-state index in [9.17, 15) is 4.79 Å². The first kappa shape index (κ1) is 20.5. The Morgan fingerprint density at radius 2 is 1.79 bits per heavy atom. The minimum atomic E-state index is -0.232. The molecule has 0 atom stereocenters. The lowest BCUT2D eigenvalue weighted by molar-refractivity contribution is 0.240. The van der Waals surface area contributed by atoms with Gasteiger partial charge in [-0.05, 0) is 48.4 Å². The summed E-state index contributed by atoms with van der Waals surface area (Å²) in [6.07, 6.45) is 4.27. The third-order valence-electron chi connectivity index (χ3n) is 4.33. The maximum Gasteiger partial charge on any atom is 0.315 e. The summed E-state index contributed by atoms with van der Waals surface area (Å²) in [4.78, 5) is 12.0. The van der Waals surface area contributed by atoms with E-state index in [1.54, 1.807) is 25.1 Å². The Morgan fingerprint density at radius 3 is 2.52 bits per heavy atom. The number of benzene rings is 2. The van der Waals surface area contributed by atoms with Crippen molar-refractivity contribution < 1.29 is 14.3 Å². The van der Waals surface area contributed by atoms with Crippen molar-refractivity contribution in [3.63, 3.8) is 0 Å². The van der Waals surface area contributed by atoms with Crippen LogP contribution in [-0.4, -0.2) is 36.6 Å². The Bertz CT molecular complexity index is 957. The van der Waals surface area contributed by atoms with Crippen molar-refractivity contribution >= 4 is 17.6 Å². The number of hydrogen-bond donors (Lipinski definition) is 2. The first-order valence-corrected chi connectivity index (χ1v) is 9.49. The van der Waals surface area contributed by atoms with Gasteiger partial charge in [0, 0.05) is 29.9 Å². The lowest BCUT2D eigenvalue weighted by Gasteiger charge is -2.10. The van der Waals surface area contributed by atoms with Crippen LogP contribution in [-0.2, 0) is 13.0 Å². The monoisotopic (exact) mass is 414 g/mol. The third kappa shape index (κ3) is 5.65. The number of methoxy groups -OCH3 is 2. The van der Waals surface area contributed by atoms with E-state index in [4.69, 9.17) is 21.1 Å². The summed E-state index contributed by atoms with van der Waals surface area (Å²) in [7, 11) is 3.20. The molecule has 0 unspecified atom stereocenters. The molecule has 2 amide bonds. The fraction of sp³-hybridized carbons (Fsp3) is 0.238. The van der Waals surface area contributed by atoms with Crippen LogP contribution in [0.1, 0.15) is 11.1 Å². The van der Waals surface area contributed by atoms with Crippen LogP contribution in [0.25, 0.3) is 5.69 Å². The third-order valence-corrected chi connectivity index (χ3v) is 4.58. The molecule has 8 heteroatoms. The van der Waals surface area contributed by atoms with Crippen molar-refractivity contribution in [3.05, 3.63) is 71.0 Å². The van der Waals surface area contributed by atoms with Gasteiger partial charge >= 0.3 is 6.03 Å². The van der Waals surface area contributed by atoms with Crippen molar-refractivity contribution in [1.29, 1.82) is 0 Å². The van der Waals surface area contributed by atoms with Gasteiger partial charge in [0.1, 0.15) is 0 Å². The molecular weight excluding hydrogens is 392 g/mol. The number of nitrogens with one attached hydrogen (secondary N) is 2. The van der Waals surface area contributed by atoms with Crippen molar-refractivity contribution in [2.24, 2.45) is 0 Å². The zero-order valence-corrected chi connectivity index (χ0v) is 17.1. The Labute approximate surface area is 174 Å². The molecule has 0 saturated heterocycles. The van der Waals surface area contributed by atoms with Crippen LogP contribution in [0.15, 0.2) is 54.9 Å². The smallest absolute Gasteiger partial charge is 0.315 e. The number of ether oxygens (including phenoxy) is 2. The second-order valence-electron chi connectivity index (χ2n) is 6.32. The highest BCUT2D eigenvalue weighted by atomic mass is 35.5. The largest absolute Gasteiger partial charge is 0.493 e. The van der Waals surface area contributed by atoms with E-state index < -0.39 is 0 Å². The molecule has 2 aromatic carbocycles. The number of rotatable bonds is 8. The molecule has 7 nitrogen and oxygen atoms in total. The predicted octanol–water partition coefficient (Wildman–Crippen LogP) is 3.58. The zero-order valence-electron chi connectivity index (χ0n) is 16.3. The Hall–Kier alpha value is -3.19. The average molecular weight is 415 g/mol. The molecule has 3 aromatic rings. The summed E-state index contributed by atoms with van der Waals surface area (Å²) in [6, 6.07) is 12.9. The van der Waals surface area contributed by atoms with Crippen molar-refractivity contribution in [2.75, 3.05) is 20.8 Å². The topological polar surface area (TPSA) is 77.4 Å². The summed E-state index contributed by atoms with van der Waals surface area (Å²) < 4.78 is 12.3. The maximum atomic E-state index is 12.0. The number of hydrogen-bond acceptors (Lipinski definition) is 4. The predicted molar refractivity (Wildman–Crippen MR) is 112 cm³/mol. The first-order chi connectivity index (χ1) is 14.1. The van der Waals surface area contributed by atoms with Crippen LogP contribution < -0.4 is 20.1 Å². The van der Waals surface area contributed by atoms with Crippen LogP contribution in [0.5, 0.6) is 11.5 Å². The van der Waals surface area contributed by atoms with Crippen LogP contribution in [0.2, 0.25) is 5.02 Å². The minimum Gasteiger partial charge on any atom is -0.493 e. The molecule has 0 spiro atoms. The SMILES string of the molecule is COc1ccc(CCNC(=O)NCc2cnn(-c3ccc(Cl)cc3)c2)cc1OC. The van der Waals surface area contributed by atoms with Gasteiger partial charge in [0.05, 0.1) is 26.1 Å². The fourth-order valence-electron chi connectivity index (χ4n) is 2.79. The Kier molecular flexibility index (Phi) is 6.97. The van der Waals surface area contributed by atoms with Crippen LogP contribution in [0.3, 0.4) is 0 Å². The molecule has 0 bridgehead atoms. The summed E-state index contributed by atoms with van der Waals surface area (Å²) in [5.74, 6) is 1.35. The Balaban J connectivity index is 1.44. The highest BCUT2D eigenvalue weighted by molar-refractivity contribution is 6.30. The first-order valence-electron chi connectivity index (χ1n) is 9.11. The maximum absolute atomic E-state index is 12.0. The molecule has 0 saturated carbocycles. The van der Waals surface area contributed by atoms with Gasteiger partial charge in [0.15, 0.2) is 11.5 Å². The van der Waals surface area contributed by atoms with E-state index in [1.165, 1.54) is 0 Å². The second kappa shape index (κ2) is 9.84. The van der Waals surface area contributed by atoms with Crippen molar-refractivity contribution in [2.45, 2.75) is 13.0 Å². The number of aromatic nitrogens is 2. The fourth-order valence-corrected chi connectivity index (χ4v) is 2.91. The number of urea groups is 1. The summed E-state index contributed by atoms with van der Waals surface area (Å²) in [5, 5.41) is 10.7. The van der Waals surface area contributed by atoms with Gasteiger partial charge in [-0.3, -0.25) is 0 Å². The second-order valence-corrected chi connectivity index (χ2v) is 6.75. The number of halogens is 1. The van der Waals surface area contributed by atoms with Gasteiger partial charge in [0.2, 0.25) is 0 Å². The van der Waals surface area contributed by atoms with E-state index in [2.05, 4.69) is 15.7 Å². The number of nitrogens with zero attached hydrogens (tertiary/aromatic N) is 2. The van der Waals surface area contributed by atoms with E-state index in [0.717, 1.165) is 16.8 Å². The molecule has 1 aromatic heterocycles. The lowest BCUT2D eigenvalue weighted by atomic mass is 10.1. The standard InChI is InChI=1S/C21H23ClN4O3/c1-28-19-8-3-15(11-20(19)29-2)9-10-23-21(27)24-12-16-13-25-26(14-16)18-6-4-17(22)5-7-18/h3-8,11,13-14H,9-10,12H2,1-2H3,(H2,23,24,27). The molecule has 0 aliphatic carbocycles. The van der Waals surface area contributed by atoms with Gasteiger partial charge in [-0.2, -0.15) is 5.10 Å².